The van der Waals surface area contributed by atoms with Crippen LogP contribution in [0.5, 0.6) is 0 Å². The van der Waals surface area contributed by atoms with Crippen molar-refractivity contribution >= 4 is 45.1 Å². The molecule has 2 aromatic heterocycles. The zero-order valence-corrected chi connectivity index (χ0v) is 14.6. The number of thioether (sulfide) groups is 1. The van der Waals surface area contributed by atoms with E-state index in [4.69, 9.17) is 5.84 Å². The van der Waals surface area contributed by atoms with E-state index in [0.717, 1.165) is 34.6 Å². The number of hydrogen-bond donors (Lipinski definition) is 2. The van der Waals surface area contributed by atoms with Crippen LogP contribution in [0.1, 0.15) is 25.1 Å². The first-order valence-electron chi connectivity index (χ1n) is 7.13. The molecule has 2 heterocycles. The van der Waals surface area contributed by atoms with Gasteiger partial charge < -0.3 is 4.90 Å². The number of fused-ring (bicyclic) bond motifs is 1. The molecule has 5 nitrogen and oxygen atoms in total. The average Bonchev–Trinajstić information content (AvgIpc) is 2.93. The maximum absolute atomic E-state index is 5.52. The van der Waals surface area contributed by atoms with E-state index in [2.05, 4.69) is 53.5 Å². The molecule has 1 atom stereocenters. The highest BCUT2D eigenvalue weighted by Crippen LogP contribution is 2.33. The molecule has 0 bridgehead atoms. The molecule has 116 valence electrons. The zero-order valence-electron chi connectivity index (χ0n) is 13.0. The first-order chi connectivity index (χ1) is 10.1. The van der Waals surface area contributed by atoms with Gasteiger partial charge in [-0.1, -0.05) is 13.8 Å². The third kappa shape index (κ3) is 3.41. The molecule has 0 amide bonds. The van der Waals surface area contributed by atoms with E-state index >= 15 is 0 Å². The normalized spacial score (nSPS) is 12.6. The van der Waals surface area contributed by atoms with Crippen LogP contribution in [-0.2, 0) is 6.42 Å². The van der Waals surface area contributed by atoms with Crippen LogP contribution >= 0.6 is 23.1 Å². The van der Waals surface area contributed by atoms with E-state index in [-0.39, 0.29) is 0 Å². The lowest BCUT2D eigenvalue weighted by molar-refractivity contribution is 0.668. The van der Waals surface area contributed by atoms with Crippen molar-refractivity contribution in [2.45, 2.75) is 32.7 Å². The highest BCUT2D eigenvalue weighted by Gasteiger charge is 2.19. The van der Waals surface area contributed by atoms with Crippen molar-refractivity contribution in [3.05, 3.63) is 10.9 Å². The van der Waals surface area contributed by atoms with Crippen LogP contribution in [0.15, 0.2) is 6.07 Å². The maximum atomic E-state index is 5.52. The predicted octanol–water partition coefficient (Wildman–Crippen LogP) is 3.12. The molecule has 2 aromatic rings. The molecular weight excluding hydrogens is 302 g/mol. The van der Waals surface area contributed by atoms with Crippen LogP contribution < -0.4 is 16.2 Å². The summed E-state index contributed by atoms with van der Waals surface area (Å²) in [4.78, 5) is 13.6. The fraction of sp³-hybridized carbons (Fsp3) is 0.571. The summed E-state index contributed by atoms with van der Waals surface area (Å²) in [6.07, 6.45) is 4.23. The average molecular weight is 326 g/mol. The predicted molar refractivity (Wildman–Crippen MR) is 95.5 cm³/mol. The fourth-order valence-corrected chi connectivity index (χ4v) is 4.14. The molecule has 3 N–H and O–H groups in total. The number of nitrogens with one attached hydrogen (secondary N) is 1. The van der Waals surface area contributed by atoms with Gasteiger partial charge in [0.2, 0.25) is 5.95 Å². The number of anilines is 2. The summed E-state index contributed by atoms with van der Waals surface area (Å²) in [5.74, 6) is 8.04. The molecule has 0 spiro atoms. The molecule has 0 aromatic carbocycles. The Bertz CT molecular complexity index is 598. The van der Waals surface area contributed by atoms with Crippen LogP contribution in [0.4, 0.5) is 11.8 Å². The van der Waals surface area contributed by atoms with Gasteiger partial charge in [-0.2, -0.15) is 16.7 Å². The molecule has 0 fully saturated rings. The first-order valence-corrected chi connectivity index (χ1v) is 9.34. The van der Waals surface area contributed by atoms with Gasteiger partial charge >= 0.3 is 0 Å². The van der Waals surface area contributed by atoms with Crippen molar-refractivity contribution in [3.63, 3.8) is 0 Å². The second-order valence-electron chi connectivity index (χ2n) is 4.93. The maximum Gasteiger partial charge on any atom is 0.240 e. The minimum atomic E-state index is 0.453. The van der Waals surface area contributed by atoms with Gasteiger partial charge in [0.1, 0.15) is 10.6 Å². The standard InChI is InChI=1S/C14H23N5S2/c1-5-9(8-20-4)19(3)12-11-7-10(6-2)21-13(11)17-14(16-12)18-15/h7,9H,5-6,8,15H2,1-4H3,(H,16,17,18). The van der Waals surface area contributed by atoms with E-state index in [1.807, 2.05) is 11.8 Å². The third-order valence-electron chi connectivity index (χ3n) is 3.61. The minimum Gasteiger partial charge on any atom is -0.355 e. The van der Waals surface area contributed by atoms with E-state index in [9.17, 15) is 0 Å². The van der Waals surface area contributed by atoms with E-state index in [1.165, 1.54) is 4.88 Å². The summed E-state index contributed by atoms with van der Waals surface area (Å²) in [5.41, 5.74) is 2.58. The Morgan fingerprint density at radius 3 is 2.76 bits per heavy atom. The minimum absolute atomic E-state index is 0.453. The molecule has 2 rings (SSSR count). The molecule has 21 heavy (non-hydrogen) atoms. The number of aromatic nitrogens is 2. The summed E-state index contributed by atoms with van der Waals surface area (Å²) >= 11 is 3.57. The van der Waals surface area contributed by atoms with Crippen LogP contribution in [-0.4, -0.2) is 35.1 Å². The molecule has 0 aliphatic heterocycles. The summed E-state index contributed by atoms with van der Waals surface area (Å²) < 4.78 is 0. The lowest BCUT2D eigenvalue weighted by Gasteiger charge is -2.28. The quantitative estimate of drug-likeness (QED) is 0.602. The number of rotatable bonds is 7. The number of thiophene rings is 1. The number of nitrogens with two attached hydrogens (primary N) is 1. The van der Waals surface area contributed by atoms with Crippen molar-refractivity contribution in [1.29, 1.82) is 0 Å². The Hall–Kier alpha value is -1.05. The fourth-order valence-electron chi connectivity index (χ4n) is 2.33. The number of aryl methyl sites for hydroxylation is 1. The molecule has 0 aliphatic rings. The lowest BCUT2D eigenvalue weighted by atomic mass is 10.2. The summed E-state index contributed by atoms with van der Waals surface area (Å²) in [7, 11) is 2.11. The van der Waals surface area contributed by atoms with Gasteiger partial charge in [0, 0.05) is 23.7 Å². The highest BCUT2D eigenvalue weighted by atomic mass is 32.2. The molecule has 7 heteroatoms. The summed E-state index contributed by atoms with van der Waals surface area (Å²) in [6.45, 7) is 4.37. The van der Waals surface area contributed by atoms with Gasteiger partial charge in [0.15, 0.2) is 0 Å². The second-order valence-corrected chi connectivity index (χ2v) is 6.95. The molecule has 0 saturated carbocycles. The molecule has 0 radical (unpaired) electrons. The third-order valence-corrected chi connectivity index (χ3v) is 5.50. The molecule has 1 unspecified atom stereocenters. The number of nitrogen functional groups attached to an aromatic ring is 1. The van der Waals surface area contributed by atoms with Crippen molar-refractivity contribution < 1.29 is 0 Å². The Morgan fingerprint density at radius 2 is 2.19 bits per heavy atom. The number of hydrogen-bond acceptors (Lipinski definition) is 7. The lowest BCUT2D eigenvalue weighted by Crippen LogP contribution is -2.34. The van der Waals surface area contributed by atoms with Gasteiger partial charge in [-0.15, -0.1) is 11.3 Å². The SMILES string of the molecule is CCc1cc2c(N(C)C(CC)CSC)nc(NN)nc2s1. The van der Waals surface area contributed by atoms with Gasteiger partial charge in [-0.05, 0) is 25.2 Å². The van der Waals surface area contributed by atoms with Gasteiger partial charge in [0.05, 0.1) is 5.39 Å². The number of hydrazine groups is 1. The first kappa shape index (κ1) is 16.3. The topological polar surface area (TPSA) is 67.1 Å². The molecular formula is C14H23N5S2. The zero-order chi connectivity index (χ0) is 15.4. The van der Waals surface area contributed by atoms with Gasteiger partial charge in [-0.3, -0.25) is 5.43 Å². The van der Waals surface area contributed by atoms with Gasteiger partial charge in [0.25, 0.3) is 0 Å². The largest absolute Gasteiger partial charge is 0.355 e. The van der Waals surface area contributed by atoms with Crippen LogP contribution in [0, 0.1) is 0 Å². The monoisotopic (exact) mass is 325 g/mol. The molecule has 0 saturated heterocycles. The number of nitrogens with zero attached hydrogens (tertiary/aromatic N) is 3. The van der Waals surface area contributed by atoms with Gasteiger partial charge in [-0.25, -0.2) is 10.8 Å². The smallest absolute Gasteiger partial charge is 0.240 e. The Kier molecular flexibility index (Phi) is 5.66. The van der Waals surface area contributed by atoms with E-state index in [1.54, 1.807) is 11.3 Å². The Labute approximate surface area is 134 Å². The summed E-state index contributed by atoms with van der Waals surface area (Å²) in [6, 6.07) is 2.66. The van der Waals surface area contributed by atoms with E-state index < -0.39 is 0 Å². The van der Waals surface area contributed by atoms with Crippen LogP contribution in [0.25, 0.3) is 10.2 Å². The van der Waals surface area contributed by atoms with Crippen molar-refractivity contribution in [2.24, 2.45) is 5.84 Å². The Morgan fingerprint density at radius 1 is 1.43 bits per heavy atom. The van der Waals surface area contributed by atoms with Crippen molar-refractivity contribution in [3.8, 4) is 0 Å². The van der Waals surface area contributed by atoms with Crippen molar-refractivity contribution in [2.75, 3.05) is 29.4 Å². The van der Waals surface area contributed by atoms with Crippen molar-refractivity contribution in [1.82, 2.24) is 9.97 Å². The van der Waals surface area contributed by atoms with E-state index in [0.29, 0.717) is 12.0 Å². The van der Waals surface area contributed by atoms with Crippen LogP contribution in [0.2, 0.25) is 0 Å². The second kappa shape index (κ2) is 7.29. The molecule has 0 aliphatic carbocycles. The Balaban J connectivity index is 2.51. The highest BCUT2D eigenvalue weighted by molar-refractivity contribution is 7.98. The summed E-state index contributed by atoms with van der Waals surface area (Å²) in [5, 5.41) is 1.12. The van der Waals surface area contributed by atoms with Crippen LogP contribution in [0.3, 0.4) is 0 Å².